The van der Waals surface area contributed by atoms with Gasteiger partial charge in [0.05, 0.1) is 18.2 Å². The van der Waals surface area contributed by atoms with Gasteiger partial charge in [-0.3, -0.25) is 14.3 Å². The Morgan fingerprint density at radius 3 is 2.46 bits per heavy atom. The van der Waals surface area contributed by atoms with E-state index in [1.807, 2.05) is 32.2 Å². The number of hydrogen-bond donors (Lipinski definition) is 1. The summed E-state index contributed by atoms with van der Waals surface area (Å²) in [6.07, 6.45) is 8.11. The number of rotatable bonds is 5. The third kappa shape index (κ3) is 5.39. The van der Waals surface area contributed by atoms with Gasteiger partial charge in [0.15, 0.2) is 0 Å². The van der Waals surface area contributed by atoms with Crippen LogP contribution in [0.25, 0.3) is 0 Å². The maximum atomic E-state index is 13.3. The zero-order valence-corrected chi connectivity index (χ0v) is 18.6. The van der Waals surface area contributed by atoms with E-state index in [-0.39, 0.29) is 48.6 Å². The van der Waals surface area contributed by atoms with Gasteiger partial charge in [-0.2, -0.15) is 5.10 Å². The first-order valence-corrected chi connectivity index (χ1v) is 9.69. The molecule has 9 heteroatoms. The van der Waals surface area contributed by atoms with Crippen molar-refractivity contribution < 1.29 is 9.59 Å². The number of amides is 2. The van der Waals surface area contributed by atoms with Crippen LogP contribution in [0.2, 0.25) is 0 Å². The first kappa shape index (κ1) is 24.7. The molecule has 1 N–H and O–H groups in total. The van der Waals surface area contributed by atoms with Crippen LogP contribution in [0, 0.1) is 11.8 Å². The zero-order valence-electron chi connectivity index (χ0n) is 17.0. The maximum absolute atomic E-state index is 13.3. The first-order valence-electron chi connectivity index (χ1n) is 9.69. The molecule has 0 radical (unpaired) electrons. The Hall–Kier alpha value is -1.31. The van der Waals surface area contributed by atoms with Gasteiger partial charge in [0.25, 0.3) is 0 Å². The monoisotopic (exact) mass is 433 g/mol. The normalized spacial score (nSPS) is 23.2. The quantitative estimate of drug-likeness (QED) is 0.770. The van der Waals surface area contributed by atoms with E-state index in [9.17, 15) is 9.59 Å². The van der Waals surface area contributed by atoms with Crippen molar-refractivity contribution in [3.8, 4) is 0 Å². The van der Waals surface area contributed by atoms with Gasteiger partial charge < -0.3 is 15.1 Å². The highest BCUT2D eigenvalue weighted by Crippen LogP contribution is 2.37. The highest BCUT2D eigenvalue weighted by molar-refractivity contribution is 5.86. The summed E-state index contributed by atoms with van der Waals surface area (Å²) < 4.78 is 1.73. The smallest absolute Gasteiger partial charge is 0.228 e. The number of piperidine rings is 2. The predicted octanol–water partition coefficient (Wildman–Crippen LogP) is 2.02. The van der Waals surface area contributed by atoms with Gasteiger partial charge in [0.1, 0.15) is 0 Å². The van der Waals surface area contributed by atoms with Gasteiger partial charge >= 0.3 is 0 Å². The van der Waals surface area contributed by atoms with E-state index in [1.165, 1.54) is 6.42 Å². The zero-order chi connectivity index (χ0) is 18.7. The summed E-state index contributed by atoms with van der Waals surface area (Å²) in [6, 6.07) is -0.209. The molecule has 28 heavy (non-hydrogen) atoms. The van der Waals surface area contributed by atoms with E-state index < -0.39 is 0 Å². The number of aromatic nitrogens is 2. The van der Waals surface area contributed by atoms with Crippen LogP contribution in [0.1, 0.15) is 43.7 Å². The second-order valence-electron chi connectivity index (χ2n) is 7.70. The van der Waals surface area contributed by atoms with E-state index in [0.717, 1.165) is 38.0 Å². The fourth-order valence-electron chi connectivity index (χ4n) is 4.37. The van der Waals surface area contributed by atoms with Crippen molar-refractivity contribution >= 4 is 36.6 Å². The summed E-state index contributed by atoms with van der Waals surface area (Å²) >= 11 is 0. The molecule has 2 atom stereocenters. The highest BCUT2D eigenvalue weighted by atomic mass is 35.5. The second-order valence-corrected chi connectivity index (χ2v) is 7.70. The van der Waals surface area contributed by atoms with Gasteiger partial charge in [-0.05, 0) is 45.2 Å². The molecule has 2 unspecified atom stereocenters. The number of nitrogens with zero attached hydrogens (tertiary/aromatic N) is 4. The van der Waals surface area contributed by atoms with Crippen LogP contribution in [0.15, 0.2) is 12.4 Å². The standard InChI is InChI=1S/C19H31N5O2.2ClH/c1-20-9-6-14-7-10-24(11-8-14)19(26)16-4-5-17(25)23(3)18(16)15-12-21-22(2)13-15;;/h12-14,16,18,20H,4-11H2,1-3H3;2*1H. The number of likely N-dealkylation sites (tertiary alicyclic amines) is 2. The molecule has 2 aliphatic heterocycles. The topological polar surface area (TPSA) is 70.5 Å². The van der Waals surface area contributed by atoms with Crippen LogP contribution >= 0.6 is 24.8 Å². The van der Waals surface area contributed by atoms with Gasteiger partial charge in [-0.1, -0.05) is 0 Å². The SMILES string of the molecule is CNCCC1CCN(C(=O)C2CCC(=O)N(C)C2c2cnn(C)c2)CC1.Cl.Cl. The average molecular weight is 434 g/mol. The van der Waals surface area contributed by atoms with Crippen molar-refractivity contribution in [2.45, 2.75) is 38.1 Å². The second kappa shape index (κ2) is 11.0. The predicted molar refractivity (Wildman–Crippen MR) is 114 cm³/mol. The molecule has 3 heterocycles. The third-order valence-electron chi connectivity index (χ3n) is 5.97. The molecule has 0 spiro atoms. The minimum absolute atomic E-state index is 0. The molecule has 2 aliphatic rings. The Kier molecular flexibility index (Phi) is 9.74. The lowest BCUT2D eigenvalue weighted by Gasteiger charge is -2.41. The van der Waals surface area contributed by atoms with E-state index in [4.69, 9.17) is 0 Å². The highest BCUT2D eigenvalue weighted by Gasteiger charge is 2.41. The molecule has 1 aromatic heterocycles. The van der Waals surface area contributed by atoms with Crippen molar-refractivity contribution in [3.63, 3.8) is 0 Å². The molecule has 0 aromatic carbocycles. The fraction of sp³-hybridized carbons (Fsp3) is 0.737. The first-order chi connectivity index (χ1) is 12.5. The number of halogens is 2. The maximum Gasteiger partial charge on any atom is 0.228 e. The van der Waals surface area contributed by atoms with Crippen LogP contribution < -0.4 is 5.32 Å². The average Bonchev–Trinajstić information content (AvgIpc) is 3.08. The molecule has 2 amide bonds. The summed E-state index contributed by atoms with van der Waals surface area (Å²) in [5, 5.41) is 7.45. The molecule has 160 valence electrons. The minimum Gasteiger partial charge on any atom is -0.342 e. The third-order valence-corrected chi connectivity index (χ3v) is 5.97. The van der Waals surface area contributed by atoms with Crippen molar-refractivity contribution in [3.05, 3.63) is 18.0 Å². The molecule has 1 aromatic rings. The minimum atomic E-state index is -0.209. The molecule has 0 saturated carbocycles. The van der Waals surface area contributed by atoms with E-state index in [2.05, 4.69) is 10.4 Å². The van der Waals surface area contributed by atoms with Gasteiger partial charge in [-0.15, -0.1) is 24.8 Å². The number of aryl methyl sites for hydroxylation is 1. The Balaban J connectivity index is 0.00000196. The Morgan fingerprint density at radius 1 is 1.21 bits per heavy atom. The largest absolute Gasteiger partial charge is 0.342 e. The van der Waals surface area contributed by atoms with Gasteiger partial charge in [0.2, 0.25) is 11.8 Å². The Bertz CT molecular complexity index is 646. The van der Waals surface area contributed by atoms with Crippen molar-refractivity contribution in [1.82, 2.24) is 24.9 Å². The summed E-state index contributed by atoms with van der Waals surface area (Å²) in [7, 11) is 5.66. The summed E-state index contributed by atoms with van der Waals surface area (Å²) in [5.74, 6) is 0.839. The molecule has 0 bridgehead atoms. The summed E-state index contributed by atoms with van der Waals surface area (Å²) in [6.45, 7) is 2.71. The molecular weight excluding hydrogens is 401 g/mol. The number of carbonyl (C=O) groups is 2. The summed E-state index contributed by atoms with van der Waals surface area (Å²) in [4.78, 5) is 29.3. The van der Waals surface area contributed by atoms with Crippen molar-refractivity contribution in [1.29, 1.82) is 0 Å². The lowest BCUT2D eigenvalue weighted by molar-refractivity contribution is -0.147. The van der Waals surface area contributed by atoms with E-state index in [0.29, 0.717) is 18.8 Å². The van der Waals surface area contributed by atoms with Gasteiger partial charge in [-0.25, -0.2) is 0 Å². The molecule has 2 fully saturated rings. The van der Waals surface area contributed by atoms with Crippen molar-refractivity contribution in [2.24, 2.45) is 18.9 Å². The van der Waals surface area contributed by atoms with Crippen LogP contribution in [0.3, 0.4) is 0 Å². The van der Waals surface area contributed by atoms with Crippen LogP contribution in [0.4, 0.5) is 0 Å². The van der Waals surface area contributed by atoms with Crippen molar-refractivity contribution in [2.75, 3.05) is 33.7 Å². The van der Waals surface area contributed by atoms with E-state index in [1.54, 1.807) is 15.8 Å². The summed E-state index contributed by atoms with van der Waals surface area (Å²) in [5.41, 5.74) is 0.949. The fourth-order valence-corrected chi connectivity index (χ4v) is 4.37. The van der Waals surface area contributed by atoms with Gasteiger partial charge in [0, 0.05) is 45.4 Å². The van der Waals surface area contributed by atoms with E-state index >= 15 is 0 Å². The molecule has 2 saturated heterocycles. The number of carbonyl (C=O) groups excluding carboxylic acids is 2. The Morgan fingerprint density at radius 2 is 1.89 bits per heavy atom. The molecule has 3 rings (SSSR count). The Labute approximate surface area is 180 Å². The molecular formula is C19H33Cl2N5O2. The van der Waals surface area contributed by atoms with Crippen LogP contribution in [-0.4, -0.2) is 65.1 Å². The lowest BCUT2D eigenvalue weighted by Crippen LogP contribution is -2.49. The van der Waals surface area contributed by atoms with Crippen LogP contribution in [0.5, 0.6) is 0 Å². The number of hydrogen-bond acceptors (Lipinski definition) is 4. The number of nitrogens with one attached hydrogen (secondary N) is 1. The lowest BCUT2D eigenvalue weighted by atomic mass is 9.83. The van der Waals surface area contributed by atoms with Crippen LogP contribution in [-0.2, 0) is 16.6 Å². The molecule has 7 nitrogen and oxygen atoms in total. The molecule has 0 aliphatic carbocycles.